The van der Waals surface area contributed by atoms with Crippen LogP contribution in [0.2, 0.25) is 0 Å². The van der Waals surface area contributed by atoms with Gasteiger partial charge in [0.2, 0.25) is 5.95 Å². The van der Waals surface area contributed by atoms with Crippen molar-refractivity contribution in [2.75, 3.05) is 5.32 Å². The fourth-order valence-corrected chi connectivity index (χ4v) is 2.88. The number of benzene rings is 1. The Bertz CT molecular complexity index is 1090. The maximum Gasteiger partial charge on any atom is 0.278 e. The van der Waals surface area contributed by atoms with E-state index in [-0.39, 0.29) is 11.9 Å². The summed E-state index contributed by atoms with van der Waals surface area (Å²) in [4.78, 5) is 16.6. The first-order valence-corrected chi connectivity index (χ1v) is 8.86. The molecule has 0 saturated heterocycles. The predicted molar refractivity (Wildman–Crippen MR) is 103 cm³/mol. The minimum atomic E-state index is -0.357. The molecule has 0 radical (unpaired) electrons. The summed E-state index contributed by atoms with van der Waals surface area (Å²) >= 11 is 0. The molecule has 1 aromatic carbocycles. The van der Waals surface area contributed by atoms with Crippen molar-refractivity contribution < 1.29 is 4.79 Å². The van der Waals surface area contributed by atoms with Crippen molar-refractivity contribution in [2.45, 2.75) is 27.1 Å². The molecule has 1 amide bonds. The number of nitrogens with one attached hydrogen (secondary N) is 1. The molecular weight excluding hydrogens is 356 g/mol. The van der Waals surface area contributed by atoms with Gasteiger partial charge in [0.05, 0.1) is 12.2 Å². The fourth-order valence-electron chi connectivity index (χ4n) is 2.88. The Kier molecular flexibility index (Phi) is 4.71. The van der Waals surface area contributed by atoms with Crippen LogP contribution in [-0.2, 0) is 13.2 Å². The first-order valence-electron chi connectivity index (χ1n) is 8.86. The molecule has 0 saturated carbocycles. The lowest BCUT2D eigenvalue weighted by Crippen LogP contribution is -2.16. The van der Waals surface area contributed by atoms with Gasteiger partial charge in [0.1, 0.15) is 13.0 Å². The van der Waals surface area contributed by atoms with Gasteiger partial charge < -0.3 is 0 Å². The van der Waals surface area contributed by atoms with Gasteiger partial charge in [0.25, 0.3) is 5.91 Å². The number of hydrogen-bond acceptors (Lipinski definition) is 5. The summed E-state index contributed by atoms with van der Waals surface area (Å²) < 4.78 is 5.17. The number of aryl methyl sites for hydroxylation is 2. The van der Waals surface area contributed by atoms with E-state index in [4.69, 9.17) is 0 Å². The van der Waals surface area contributed by atoms with Crippen LogP contribution in [0.4, 0.5) is 5.95 Å². The van der Waals surface area contributed by atoms with Gasteiger partial charge in [0, 0.05) is 11.9 Å². The summed E-state index contributed by atoms with van der Waals surface area (Å²) in [5.41, 5.74) is 3.38. The quantitative estimate of drug-likeness (QED) is 0.556. The Labute approximate surface area is 161 Å². The molecule has 142 valence electrons. The molecule has 9 heteroatoms. The third kappa shape index (κ3) is 3.98. The Morgan fingerprint density at radius 3 is 2.61 bits per heavy atom. The Morgan fingerprint density at radius 2 is 1.86 bits per heavy atom. The Morgan fingerprint density at radius 1 is 1.04 bits per heavy atom. The van der Waals surface area contributed by atoms with Crippen LogP contribution < -0.4 is 5.32 Å². The lowest BCUT2D eigenvalue weighted by atomic mass is 10.2. The van der Waals surface area contributed by atoms with Gasteiger partial charge in [-0.15, -0.1) is 5.10 Å². The summed E-state index contributed by atoms with van der Waals surface area (Å²) in [5, 5.41) is 15.7. The van der Waals surface area contributed by atoms with E-state index in [1.807, 2.05) is 54.9 Å². The molecule has 28 heavy (non-hydrogen) atoms. The van der Waals surface area contributed by atoms with Gasteiger partial charge in [-0.3, -0.25) is 14.8 Å². The zero-order chi connectivity index (χ0) is 19.5. The Hall–Kier alpha value is -3.75. The van der Waals surface area contributed by atoms with E-state index in [2.05, 4.69) is 25.6 Å². The van der Waals surface area contributed by atoms with Crippen molar-refractivity contribution in [3.8, 4) is 0 Å². The standard InChI is InChI=1S/C19H20N8O/c1-14-10-15(2)27(22-14)13-25-9-8-17(23-25)18(28)21-19-20-12-26(24-19)11-16-6-4-3-5-7-16/h3-10,12H,11,13H2,1-2H3,(H,21,24,28). The number of anilines is 1. The molecule has 9 nitrogen and oxygen atoms in total. The first kappa shape index (κ1) is 17.7. The predicted octanol–water partition coefficient (Wildman–Crippen LogP) is 2.09. The van der Waals surface area contributed by atoms with Crippen LogP contribution in [0.3, 0.4) is 0 Å². The molecule has 4 rings (SSSR count). The SMILES string of the molecule is Cc1cc(C)n(Cn2ccc(C(=O)Nc3ncn(Cc4ccccc4)n3)n2)n1. The molecule has 0 aliphatic rings. The molecule has 0 spiro atoms. The van der Waals surface area contributed by atoms with Crippen molar-refractivity contribution in [1.29, 1.82) is 0 Å². The van der Waals surface area contributed by atoms with E-state index < -0.39 is 0 Å². The number of nitrogens with zero attached hydrogens (tertiary/aromatic N) is 7. The largest absolute Gasteiger partial charge is 0.288 e. The van der Waals surface area contributed by atoms with Crippen molar-refractivity contribution in [3.63, 3.8) is 0 Å². The third-order valence-corrected chi connectivity index (χ3v) is 4.20. The zero-order valence-electron chi connectivity index (χ0n) is 15.6. The van der Waals surface area contributed by atoms with Gasteiger partial charge in [-0.25, -0.2) is 14.3 Å². The number of amides is 1. The number of hydrogen-bond donors (Lipinski definition) is 1. The highest BCUT2D eigenvalue weighted by Crippen LogP contribution is 2.06. The number of aromatic nitrogens is 7. The smallest absolute Gasteiger partial charge is 0.278 e. The van der Waals surface area contributed by atoms with Crippen LogP contribution in [-0.4, -0.2) is 40.2 Å². The molecule has 3 aromatic heterocycles. The number of carbonyl (C=O) groups excluding carboxylic acids is 1. The lowest BCUT2D eigenvalue weighted by Gasteiger charge is -2.04. The molecule has 0 aliphatic heterocycles. The van der Waals surface area contributed by atoms with Gasteiger partial charge in [0.15, 0.2) is 5.69 Å². The lowest BCUT2D eigenvalue weighted by molar-refractivity contribution is 0.102. The molecule has 0 bridgehead atoms. The first-order chi connectivity index (χ1) is 13.6. The summed E-state index contributed by atoms with van der Waals surface area (Å²) in [6.07, 6.45) is 3.33. The van der Waals surface area contributed by atoms with Gasteiger partial charge >= 0.3 is 0 Å². The number of carbonyl (C=O) groups is 1. The molecular formula is C19H20N8O. The van der Waals surface area contributed by atoms with Crippen LogP contribution in [0.5, 0.6) is 0 Å². The summed E-state index contributed by atoms with van der Waals surface area (Å²) in [7, 11) is 0. The Balaban J connectivity index is 1.39. The maximum atomic E-state index is 12.4. The van der Waals surface area contributed by atoms with Crippen molar-refractivity contribution in [1.82, 2.24) is 34.3 Å². The van der Waals surface area contributed by atoms with E-state index in [1.54, 1.807) is 28.0 Å². The van der Waals surface area contributed by atoms with E-state index in [0.29, 0.717) is 18.9 Å². The average Bonchev–Trinajstić information content (AvgIpc) is 3.38. The summed E-state index contributed by atoms with van der Waals surface area (Å²) in [6, 6.07) is 13.6. The molecule has 4 aromatic rings. The van der Waals surface area contributed by atoms with Gasteiger partial charge in [-0.2, -0.15) is 10.2 Å². The zero-order valence-corrected chi connectivity index (χ0v) is 15.6. The van der Waals surface area contributed by atoms with Crippen LogP contribution >= 0.6 is 0 Å². The van der Waals surface area contributed by atoms with E-state index in [1.165, 1.54) is 0 Å². The molecule has 1 N–H and O–H groups in total. The van der Waals surface area contributed by atoms with Crippen LogP contribution in [0.25, 0.3) is 0 Å². The van der Waals surface area contributed by atoms with Crippen LogP contribution in [0, 0.1) is 13.8 Å². The molecule has 0 atom stereocenters. The monoisotopic (exact) mass is 376 g/mol. The van der Waals surface area contributed by atoms with Crippen LogP contribution in [0.1, 0.15) is 27.4 Å². The highest BCUT2D eigenvalue weighted by Gasteiger charge is 2.13. The number of rotatable bonds is 6. The molecule has 3 heterocycles. The van der Waals surface area contributed by atoms with E-state index >= 15 is 0 Å². The van der Waals surface area contributed by atoms with Crippen molar-refractivity contribution in [3.05, 3.63) is 77.6 Å². The highest BCUT2D eigenvalue weighted by molar-refractivity contribution is 6.01. The minimum Gasteiger partial charge on any atom is -0.288 e. The second-order valence-electron chi connectivity index (χ2n) is 6.51. The third-order valence-electron chi connectivity index (χ3n) is 4.20. The average molecular weight is 376 g/mol. The summed E-state index contributed by atoms with van der Waals surface area (Å²) in [6.45, 7) is 4.95. The van der Waals surface area contributed by atoms with E-state index in [0.717, 1.165) is 17.0 Å². The van der Waals surface area contributed by atoms with Crippen LogP contribution in [0.15, 0.2) is 55.0 Å². The molecule has 0 aliphatic carbocycles. The fraction of sp³-hybridized carbons (Fsp3) is 0.211. The van der Waals surface area contributed by atoms with Crippen molar-refractivity contribution >= 4 is 11.9 Å². The van der Waals surface area contributed by atoms with Crippen molar-refractivity contribution in [2.24, 2.45) is 0 Å². The molecule has 0 fully saturated rings. The second kappa shape index (κ2) is 7.47. The summed E-state index contributed by atoms with van der Waals surface area (Å²) in [5.74, 6) is -0.112. The highest BCUT2D eigenvalue weighted by atomic mass is 16.2. The normalized spacial score (nSPS) is 10.9. The second-order valence-corrected chi connectivity index (χ2v) is 6.51. The van der Waals surface area contributed by atoms with Gasteiger partial charge in [-0.1, -0.05) is 30.3 Å². The minimum absolute atomic E-state index is 0.244. The van der Waals surface area contributed by atoms with Gasteiger partial charge in [-0.05, 0) is 31.5 Å². The molecule has 0 unspecified atom stereocenters. The maximum absolute atomic E-state index is 12.4. The topological polar surface area (TPSA) is 95.5 Å². The van der Waals surface area contributed by atoms with E-state index in [9.17, 15) is 4.79 Å².